The molecule has 0 saturated heterocycles. The number of nitrogens with zero attached hydrogens (tertiary/aromatic N) is 1. The summed E-state index contributed by atoms with van der Waals surface area (Å²) in [4.78, 5) is 3.98. The van der Waals surface area contributed by atoms with Crippen molar-refractivity contribution in [2.45, 2.75) is 6.92 Å². The van der Waals surface area contributed by atoms with Crippen LogP contribution in [0.5, 0.6) is 0 Å². The number of aryl methyl sites for hydroxylation is 1. The molecule has 0 aromatic carbocycles. The summed E-state index contributed by atoms with van der Waals surface area (Å²) >= 11 is 0. The Morgan fingerprint density at radius 1 is 1.42 bits per heavy atom. The lowest BCUT2D eigenvalue weighted by molar-refractivity contribution is 0.615. The van der Waals surface area contributed by atoms with Crippen molar-refractivity contribution < 1.29 is 8.42 Å². The highest BCUT2D eigenvalue weighted by atomic mass is 35.7. The predicted molar refractivity (Wildman–Crippen MR) is 49.7 cm³/mol. The van der Waals surface area contributed by atoms with E-state index in [4.69, 9.17) is 0 Å². The van der Waals surface area contributed by atoms with E-state index in [1.807, 2.05) is 25.1 Å². The van der Waals surface area contributed by atoms with Gasteiger partial charge in [0, 0.05) is 22.6 Å². The fourth-order valence-electron chi connectivity index (χ4n) is 0.448. The molecule has 0 aliphatic heterocycles. The molecule has 1 rings (SSSR count). The van der Waals surface area contributed by atoms with Crippen molar-refractivity contribution >= 4 is 19.7 Å². The zero-order valence-corrected chi connectivity index (χ0v) is 8.43. The minimum absolute atomic E-state index is 0.925. The number of halogens is 1. The minimum atomic E-state index is -3.19. The average molecular weight is 208 g/mol. The van der Waals surface area contributed by atoms with Gasteiger partial charge in [0.1, 0.15) is 0 Å². The van der Waals surface area contributed by atoms with Crippen molar-refractivity contribution in [3.63, 3.8) is 0 Å². The Hall–Kier alpha value is -0.610. The molecule has 0 amide bonds. The van der Waals surface area contributed by atoms with E-state index in [9.17, 15) is 8.42 Å². The van der Waals surface area contributed by atoms with Crippen LogP contribution in [0.2, 0.25) is 0 Å². The predicted octanol–water partition coefficient (Wildman–Crippen LogP) is 1.57. The van der Waals surface area contributed by atoms with Gasteiger partial charge in [-0.1, -0.05) is 6.07 Å². The third-order valence-electron chi connectivity index (χ3n) is 0.813. The molecule has 12 heavy (non-hydrogen) atoms. The molecule has 0 saturated carbocycles. The van der Waals surface area contributed by atoms with Crippen LogP contribution in [0, 0.1) is 6.92 Å². The van der Waals surface area contributed by atoms with E-state index in [0.717, 1.165) is 11.9 Å². The van der Waals surface area contributed by atoms with E-state index in [-0.39, 0.29) is 0 Å². The van der Waals surface area contributed by atoms with E-state index in [1.54, 1.807) is 6.20 Å². The van der Waals surface area contributed by atoms with Crippen LogP contribution in [0.3, 0.4) is 0 Å². The highest BCUT2D eigenvalue weighted by Crippen LogP contribution is 1.86. The van der Waals surface area contributed by atoms with Gasteiger partial charge >= 0.3 is 0 Å². The molecule has 0 fully saturated rings. The lowest BCUT2D eigenvalue weighted by Gasteiger charge is -1.82. The van der Waals surface area contributed by atoms with E-state index in [0.29, 0.717) is 0 Å². The van der Waals surface area contributed by atoms with E-state index in [1.165, 1.54) is 0 Å². The van der Waals surface area contributed by atoms with Crippen molar-refractivity contribution in [3.05, 3.63) is 30.1 Å². The van der Waals surface area contributed by atoms with Crippen LogP contribution >= 0.6 is 10.7 Å². The topological polar surface area (TPSA) is 47.0 Å². The summed E-state index contributed by atoms with van der Waals surface area (Å²) in [7, 11) is 1.31. The number of hydrogen-bond donors (Lipinski definition) is 0. The standard InChI is InChI=1S/C6H7N.CH3ClO2S/c1-6-4-2-3-5-7-6;1-5(2,3)4/h2-5H,1H3;1H3. The van der Waals surface area contributed by atoms with Crippen molar-refractivity contribution in [2.75, 3.05) is 6.26 Å². The van der Waals surface area contributed by atoms with Crippen LogP contribution in [0.15, 0.2) is 24.4 Å². The number of hydrogen-bond acceptors (Lipinski definition) is 3. The molecule has 3 nitrogen and oxygen atoms in total. The Morgan fingerprint density at radius 2 is 1.92 bits per heavy atom. The smallest absolute Gasteiger partial charge is 0.229 e. The second-order valence-electron chi connectivity index (χ2n) is 2.15. The van der Waals surface area contributed by atoms with Crippen LogP contribution in [-0.4, -0.2) is 19.7 Å². The largest absolute Gasteiger partial charge is 0.262 e. The third kappa shape index (κ3) is 12.1. The first-order valence-electron chi connectivity index (χ1n) is 3.17. The van der Waals surface area contributed by atoms with Gasteiger partial charge < -0.3 is 0 Å². The molecule has 0 unspecified atom stereocenters. The maximum atomic E-state index is 9.40. The molecule has 0 aliphatic carbocycles. The molecule has 1 aromatic heterocycles. The van der Waals surface area contributed by atoms with Crippen molar-refractivity contribution in [2.24, 2.45) is 0 Å². The van der Waals surface area contributed by atoms with E-state index >= 15 is 0 Å². The Balaban J connectivity index is 0.000000217. The van der Waals surface area contributed by atoms with Crippen LogP contribution in [-0.2, 0) is 9.05 Å². The Morgan fingerprint density at radius 3 is 2.08 bits per heavy atom. The second kappa shape index (κ2) is 5.11. The van der Waals surface area contributed by atoms with Crippen LogP contribution in [0.1, 0.15) is 5.69 Å². The molecule has 0 atom stereocenters. The quantitative estimate of drug-likeness (QED) is 0.607. The zero-order valence-electron chi connectivity index (χ0n) is 6.86. The Bertz CT molecular complexity index is 301. The van der Waals surface area contributed by atoms with Crippen molar-refractivity contribution in [1.82, 2.24) is 4.98 Å². The van der Waals surface area contributed by atoms with Gasteiger partial charge in [-0.05, 0) is 19.1 Å². The molecule has 1 aromatic rings. The number of rotatable bonds is 0. The summed E-state index contributed by atoms with van der Waals surface area (Å²) in [5, 5.41) is 0. The summed E-state index contributed by atoms with van der Waals surface area (Å²) < 4.78 is 18.8. The number of pyridine rings is 1. The molecule has 1 heterocycles. The Kier molecular flexibility index (Phi) is 4.85. The average Bonchev–Trinajstić information content (AvgIpc) is 1.85. The summed E-state index contributed by atoms with van der Waals surface area (Å²) in [6.45, 7) is 1.97. The van der Waals surface area contributed by atoms with Gasteiger partial charge in [0.15, 0.2) is 0 Å². The lowest BCUT2D eigenvalue weighted by atomic mass is 10.4. The van der Waals surface area contributed by atoms with Gasteiger partial charge in [-0.15, -0.1) is 0 Å². The summed E-state index contributed by atoms with van der Waals surface area (Å²) in [5.41, 5.74) is 1.07. The first kappa shape index (κ1) is 11.4. The normalized spacial score (nSPS) is 9.92. The lowest BCUT2D eigenvalue weighted by Crippen LogP contribution is -1.76. The van der Waals surface area contributed by atoms with Crippen molar-refractivity contribution in [3.8, 4) is 0 Å². The first-order chi connectivity index (χ1) is 5.39. The third-order valence-corrected chi connectivity index (χ3v) is 0.813. The summed E-state index contributed by atoms with van der Waals surface area (Å²) in [6.07, 6.45) is 2.71. The van der Waals surface area contributed by atoms with Crippen LogP contribution in [0.25, 0.3) is 0 Å². The highest BCUT2D eigenvalue weighted by Gasteiger charge is 1.83. The molecule has 0 aliphatic rings. The van der Waals surface area contributed by atoms with Crippen molar-refractivity contribution in [1.29, 1.82) is 0 Å². The molecular formula is C7H10ClNO2S. The minimum Gasteiger partial charge on any atom is -0.262 e. The van der Waals surface area contributed by atoms with Gasteiger partial charge in [0.25, 0.3) is 0 Å². The molecule has 0 N–H and O–H groups in total. The molecule has 68 valence electrons. The van der Waals surface area contributed by atoms with Gasteiger partial charge in [0.05, 0.1) is 6.26 Å². The highest BCUT2D eigenvalue weighted by molar-refractivity contribution is 8.13. The van der Waals surface area contributed by atoms with E-state index < -0.39 is 9.05 Å². The van der Waals surface area contributed by atoms with E-state index in [2.05, 4.69) is 15.7 Å². The fourth-order valence-corrected chi connectivity index (χ4v) is 0.448. The van der Waals surface area contributed by atoms with Crippen LogP contribution in [0.4, 0.5) is 0 Å². The van der Waals surface area contributed by atoms with Gasteiger partial charge in [-0.2, -0.15) is 0 Å². The molecule has 0 bridgehead atoms. The van der Waals surface area contributed by atoms with Gasteiger partial charge in [-0.25, -0.2) is 8.42 Å². The molecule has 0 spiro atoms. The zero-order chi connectivity index (χ0) is 9.61. The first-order valence-corrected chi connectivity index (χ1v) is 5.88. The maximum absolute atomic E-state index is 9.40. The number of aromatic nitrogens is 1. The van der Waals surface area contributed by atoms with Crippen LogP contribution < -0.4 is 0 Å². The fraction of sp³-hybridized carbons (Fsp3) is 0.286. The maximum Gasteiger partial charge on any atom is 0.229 e. The SMILES string of the molecule is CS(=O)(=O)Cl.Cc1ccccn1. The van der Waals surface area contributed by atoms with Gasteiger partial charge in [0.2, 0.25) is 9.05 Å². The summed E-state index contributed by atoms with van der Waals surface area (Å²) in [6, 6.07) is 5.86. The molecule has 5 heteroatoms. The van der Waals surface area contributed by atoms with Gasteiger partial charge in [-0.3, -0.25) is 4.98 Å². The summed E-state index contributed by atoms with van der Waals surface area (Å²) in [5.74, 6) is 0. The second-order valence-corrected chi connectivity index (χ2v) is 5.20. The monoisotopic (exact) mass is 207 g/mol. The molecule has 0 radical (unpaired) electrons. The Labute approximate surface area is 76.8 Å². The molecular weight excluding hydrogens is 198 g/mol.